The number of carbonyl (C=O) groups is 1. The van der Waals surface area contributed by atoms with E-state index in [1.54, 1.807) is 13.8 Å². The summed E-state index contributed by atoms with van der Waals surface area (Å²) in [6, 6.07) is 0.583. The van der Waals surface area contributed by atoms with Gasteiger partial charge in [-0.05, 0) is 19.4 Å². The molecule has 22 heavy (non-hydrogen) atoms. The van der Waals surface area contributed by atoms with E-state index < -0.39 is 18.1 Å². The number of aromatic nitrogens is 2. The smallest absolute Gasteiger partial charge is 0.336 e. The van der Waals surface area contributed by atoms with Crippen molar-refractivity contribution in [3.8, 4) is 0 Å². The molecule has 0 aromatic carbocycles. The monoisotopic (exact) mass is 329 g/mol. The molecule has 1 N–H and O–H groups in total. The lowest BCUT2D eigenvalue weighted by molar-refractivity contribution is -0.155. The first-order chi connectivity index (χ1) is 10.3. The summed E-state index contributed by atoms with van der Waals surface area (Å²) in [5.74, 6) is -0.770. The average molecular weight is 329 g/mol. The standard InChI is InChI=1S/C14H14F3N3OS/c1-3-10-11(22-8(2)19-10)13(21)20-12(14(15,16)17)9-5-4-6-18-7-9/h4-7,12H,3H2,1-2H3,(H,20,21). The van der Waals surface area contributed by atoms with E-state index in [1.807, 2.05) is 5.32 Å². The van der Waals surface area contributed by atoms with Crippen LogP contribution < -0.4 is 5.32 Å². The molecule has 0 saturated heterocycles. The van der Waals surface area contributed by atoms with Gasteiger partial charge in [-0.2, -0.15) is 13.2 Å². The Kier molecular flexibility index (Phi) is 4.80. The highest BCUT2D eigenvalue weighted by atomic mass is 32.1. The summed E-state index contributed by atoms with van der Waals surface area (Å²) in [6.45, 7) is 3.51. The lowest BCUT2D eigenvalue weighted by Gasteiger charge is -2.21. The maximum atomic E-state index is 13.2. The minimum atomic E-state index is -4.61. The van der Waals surface area contributed by atoms with E-state index in [4.69, 9.17) is 0 Å². The van der Waals surface area contributed by atoms with Crippen LogP contribution in [0.5, 0.6) is 0 Å². The zero-order valence-corrected chi connectivity index (χ0v) is 12.8. The van der Waals surface area contributed by atoms with Crippen molar-refractivity contribution in [3.05, 3.63) is 45.7 Å². The molecule has 2 rings (SSSR count). The van der Waals surface area contributed by atoms with E-state index in [2.05, 4.69) is 9.97 Å². The Bertz CT molecular complexity index is 655. The summed E-state index contributed by atoms with van der Waals surface area (Å²) >= 11 is 1.09. The number of alkyl halides is 3. The predicted octanol–water partition coefficient (Wildman–Crippen LogP) is 3.44. The van der Waals surface area contributed by atoms with Crippen molar-refractivity contribution in [3.63, 3.8) is 0 Å². The van der Waals surface area contributed by atoms with Gasteiger partial charge >= 0.3 is 6.18 Å². The highest BCUT2D eigenvalue weighted by molar-refractivity contribution is 7.13. The van der Waals surface area contributed by atoms with Crippen LogP contribution in [-0.4, -0.2) is 22.1 Å². The van der Waals surface area contributed by atoms with Crippen molar-refractivity contribution in [2.45, 2.75) is 32.5 Å². The molecule has 0 fully saturated rings. The Labute approximate surface area is 129 Å². The molecule has 1 unspecified atom stereocenters. The maximum Gasteiger partial charge on any atom is 0.412 e. The second-order valence-electron chi connectivity index (χ2n) is 4.60. The number of pyridine rings is 1. The third-order valence-electron chi connectivity index (χ3n) is 2.97. The van der Waals surface area contributed by atoms with Crippen LogP contribution in [0.3, 0.4) is 0 Å². The van der Waals surface area contributed by atoms with Gasteiger partial charge in [0.05, 0.1) is 10.7 Å². The normalized spacial score (nSPS) is 13.0. The molecule has 0 aliphatic carbocycles. The molecule has 8 heteroatoms. The second-order valence-corrected chi connectivity index (χ2v) is 5.80. The van der Waals surface area contributed by atoms with Crippen LogP contribution in [0.15, 0.2) is 24.5 Å². The molecular weight excluding hydrogens is 315 g/mol. The number of rotatable bonds is 4. The van der Waals surface area contributed by atoms with Crippen LogP contribution >= 0.6 is 11.3 Å². The van der Waals surface area contributed by atoms with Crippen LogP contribution in [0.4, 0.5) is 13.2 Å². The molecule has 0 radical (unpaired) electrons. The number of hydrogen-bond acceptors (Lipinski definition) is 4. The second kappa shape index (κ2) is 6.43. The third kappa shape index (κ3) is 3.62. The molecule has 118 valence electrons. The first-order valence-corrected chi connectivity index (χ1v) is 7.38. The van der Waals surface area contributed by atoms with E-state index in [1.165, 1.54) is 18.3 Å². The first-order valence-electron chi connectivity index (χ1n) is 6.56. The number of nitrogens with one attached hydrogen (secondary N) is 1. The summed E-state index contributed by atoms with van der Waals surface area (Å²) in [5, 5.41) is 2.69. The van der Waals surface area contributed by atoms with E-state index in [-0.39, 0.29) is 10.4 Å². The van der Waals surface area contributed by atoms with Crippen LogP contribution in [0.25, 0.3) is 0 Å². The molecule has 4 nitrogen and oxygen atoms in total. The number of nitrogens with zero attached hydrogens (tertiary/aromatic N) is 2. The lowest BCUT2D eigenvalue weighted by atomic mass is 10.1. The highest BCUT2D eigenvalue weighted by Crippen LogP contribution is 2.33. The number of aryl methyl sites for hydroxylation is 2. The first kappa shape index (κ1) is 16.4. The Morgan fingerprint density at radius 1 is 1.45 bits per heavy atom. The van der Waals surface area contributed by atoms with Gasteiger partial charge in [-0.15, -0.1) is 11.3 Å². The minimum Gasteiger partial charge on any atom is -0.336 e. The predicted molar refractivity (Wildman–Crippen MR) is 76.7 cm³/mol. The molecule has 1 amide bonds. The average Bonchev–Trinajstić information content (AvgIpc) is 2.85. The van der Waals surface area contributed by atoms with Crippen molar-refractivity contribution in [1.82, 2.24) is 15.3 Å². The summed E-state index contributed by atoms with van der Waals surface area (Å²) in [4.78, 5) is 20.3. The minimum absolute atomic E-state index is 0.109. The van der Waals surface area contributed by atoms with E-state index in [9.17, 15) is 18.0 Å². The van der Waals surface area contributed by atoms with Crippen molar-refractivity contribution >= 4 is 17.2 Å². The topological polar surface area (TPSA) is 54.9 Å². The molecule has 2 heterocycles. The quantitative estimate of drug-likeness (QED) is 0.935. The molecule has 1 atom stereocenters. The van der Waals surface area contributed by atoms with E-state index in [0.717, 1.165) is 17.5 Å². The van der Waals surface area contributed by atoms with Gasteiger partial charge in [0.25, 0.3) is 5.91 Å². The largest absolute Gasteiger partial charge is 0.412 e. The number of halogens is 3. The van der Waals surface area contributed by atoms with Gasteiger partial charge in [0.1, 0.15) is 4.88 Å². The Morgan fingerprint density at radius 3 is 2.73 bits per heavy atom. The van der Waals surface area contributed by atoms with Gasteiger partial charge in [-0.25, -0.2) is 4.98 Å². The Morgan fingerprint density at radius 2 is 2.18 bits per heavy atom. The van der Waals surface area contributed by atoms with Crippen LogP contribution in [0.1, 0.15) is 38.9 Å². The van der Waals surface area contributed by atoms with Crippen LogP contribution in [0, 0.1) is 6.92 Å². The number of amides is 1. The van der Waals surface area contributed by atoms with Crippen molar-refractivity contribution in [2.75, 3.05) is 0 Å². The fraction of sp³-hybridized carbons (Fsp3) is 0.357. The van der Waals surface area contributed by atoms with Crippen molar-refractivity contribution < 1.29 is 18.0 Å². The summed E-state index contributed by atoms with van der Waals surface area (Å²) in [7, 11) is 0. The molecule has 0 aliphatic rings. The van der Waals surface area contributed by atoms with Crippen LogP contribution in [-0.2, 0) is 6.42 Å². The fourth-order valence-electron chi connectivity index (χ4n) is 1.98. The zero-order valence-electron chi connectivity index (χ0n) is 11.9. The van der Waals surface area contributed by atoms with Crippen LogP contribution in [0.2, 0.25) is 0 Å². The van der Waals surface area contributed by atoms with Crippen molar-refractivity contribution in [1.29, 1.82) is 0 Å². The summed E-state index contributed by atoms with van der Waals surface area (Å²) in [5.41, 5.74) is 0.398. The number of hydrogen-bond donors (Lipinski definition) is 1. The zero-order chi connectivity index (χ0) is 16.3. The molecular formula is C14H14F3N3OS. The Balaban J connectivity index is 2.30. The molecule has 0 aliphatic heterocycles. The van der Waals surface area contributed by atoms with E-state index in [0.29, 0.717) is 17.1 Å². The summed E-state index contributed by atoms with van der Waals surface area (Å²) < 4.78 is 39.6. The number of thiazole rings is 1. The third-order valence-corrected chi connectivity index (χ3v) is 3.98. The Hall–Kier alpha value is -1.96. The van der Waals surface area contributed by atoms with Gasteiger partial charge in [0, 0.05) is 18.0 Å². The molecule has 2 aromatic rings. The van der Waals surface area contributed by atoms with E-state index >= 15 is 0 Å². The van der Waals surface area contributed by atoms with Gasteiger partial charge in [0.2, 0.25) is 0 Å². The van der Waals surface area contributed by atoms with Gasteiger partial charge < -0.3 is 5.32 Å². The lowest BCUT2D eigenvalue weighted by Crippen LogP contribution is -2.38. The SMILES string of the molecule is CCc1nc(C)sc1C(=O)NC(c1cccnc1)C(F)(F)F. The number of carbonyl (C=O) groups excluding carboxylic acids is 1. The van der Waals surface area contributed by atoms with Gasteiger partial charge in [-0.3, -0.25) is 9.78 Å². The molecule has 0 saturated carbocycles. The highest BCUT2D eigenvalue weighted by Gasteiger charge is 2.42. The fourth-order valence-corrected chi connectivity index (χ4v) is 2.90. The molecule has 0 spiro atoms. The maximum absolute atomic E-state index is 13.2. The summed E-state index contributed by atoms with van der Waals surface area (Å²) in [6.07, 6.45) is -1.65. The molecule has 2 aromatic heterocycles. The van der Waals surface area contributed by atoms with Gasteiger partial charge in [0.15, 0.2) is 6.04 Å². The molecule has 0 bridgehead atoms. The van der Waals surface area contributed by atoms with Gasteiger partial charge in [-0.1, -0.05) is 13.0 Å². The van der Waals surface area contributed by atoms with Crippen molar-refractivity contribution in [2.24, 2.45) is 0 Å².